The fraction of sp³-hybridized carbons (Fsp3) is 0.393. The number of carbonyl (C=O) groups excluding carboxylic acids is 1. The first-order valence-corrected chi connectivity index (χ1v) is 12.3. The van der Waals surface area contributed by atoms with Crippen molar-refractivity contribution in [3.05, 3.63) is 94.8 Å². The molecule has 1 fully saturated rings. The van der Waals surface area contributed by atoms with E-state index in [-0.39, 0.29) is 0 Å². The average Bonchev–Trinajstić information content (AvgIpc) is 2.87. The number of piperidine rings is 1. The number of likely N-dealkylation sites (tertiary alicyclic amines) is 1. The van der Waals surface area contributed by atoms with E-state index >= 15 is 0 Å². The largest absolute Gasteiger partial charge is 0.381 e. The summed E-state index contributed by atoms with van der Waals surface area (Å²) in [6.07, 6.45) is 5.23. The molecule has 0 spiro atoms. The van der Waals surface area contributed by atoms with E-state index in [4.69, 9.17) is 0 Å². The van der Waals surface area contributed by atoms with E-state index in [1.54, 1.807) is 24.5 Å². The molecule has 6 nitrogen and oxygen atoms in total. The van der Waals surface area contributed by atoms with E-state index in [9.17, 15) is 23.1 Å². The van der Waals surface area contributed by atoms with Gasteiger partial charge in [-0.25, -0.2) is 13.8 Å². The molecule has 1 N–H and O–H groups in total. The summed E-state index contributed by atoms with van der Waals surface area (Å²) in [5.41, 5.74) is 1.20. The first-order chi connectivity index (χ1) is 17.5. The van der Waals surface area contributed by atoms with E-state index in [1.165, 1.54) is 37.9 Å². The maximum absolute atomic E-state index is 14.1. The number of halogens is 3. The van der Waals surface area contributed by atoms with Crippen molar-refractivity contribution in [1.82, 2.24) is 19.8 Å². The highest BCUT2D eigenvalue weighted by Crippen LogP contribution is 2.31. The van der Waals surface area contributed by atoms with Gasteiger partial charge in [0.1, 0.15) is 5.60 Å². The maximum Gasteiger partial charge on any atom is 0.254 e. The Balaban J connectivity index is 1.48. The molecule has 1 saturated heterocycles. The third kappa shape index (κ3) is 6.34. The normalized spacial score (nSPS) is 16.0. The Morgan fingerprint density at radius 3 is 2.35 bits per heavy atom. The summed E-state index contributed by atoms with van der Waals surface area (Å²) in [5, 5.41) is 10.3. The minimum absolute atomic E-state index is 0.344. The van der Waals surface area contributed by atoms with Crippen molar-refractivity contribution < 1.29 is 23.1 Å². The highest BCUT2D eigenvalue weighted by Gasteiger charge is 2.34. The van der Waals surface area contributed by atoms with Gasteiger partial charge in [-0.2, -0.15) is 4.39 Å². The van der Waals surface area contributed by atoms with Crippen molar-refractivity contribution in [3.63, 3.8) is 0 Å². The zero-order valence-electron chi connectivity index (χ0n) is 21.2. The zero-order chi connectivity index (χ0) is 26.7. The van der Waals surface area contributed by atoms with E-state index in [1.807, 2.05) is 6.07 Å². The molecule has 1 aromatic carbocycles. The van der Waals surface area contributed by atoms with Gasteiger partial charge in [-0.3, -0.25) is 14.7 Å². The third-order valence-electron chi connectivity index (χ3n) is 6.83. The fourth-order valence-electron chi connectivity index (χ4n) is 4.83. The lowest BCUT2D eigenvalue weighted by molar-refractivity contribution is -0.148. The van der Waals surface area contributed by atoms with Crippen molar-refractivity contribution in [2.75, 3.05) is 20.1 Å². The predicted octanol–water partition coefficient (Wildman–Crippen LogP) is 4.59. The van der Waals surface area contributed by atoms with E-state index in [2.05, 4.69) is 14.9 Å². The Hall–Kier alpha value is -3.30. The lowest BCUT2D eigenvalue weighted by Gasteiger charge is -2.33. The van der Waals surface area contributed by atoms with Crippen LogP contribution in [0.25, 0.3) is 0 Å². The molecule has 0 bridgehead atoms. The van der Waals surface area contributed by atoms with Gasteiger partial charge in [-0.05, 0) is 86.7 Å². The Bertz CT molecular complexity index is 1220. The van der Waals surface area contributed by atoms with Crippen LogP contribution in [-0.4, -0.2) is 56.5 Å². The van der Waals surface area contributed by atoms with Crippen molar-refractivity contribution in [2.45, 2.75) is 50.8 Å². The van der Waals surface area contributed by atoms with Crippen LogP contribution in [0, 0.1) is 17.6 Å². The van der Waals surface area contributed by atoms with E-state index in [0.29, 0.717) is 23.7 Å². The molecule has 196 valence electrons. The Labute approximate surface area is 214 Å². The molecule has 2 aromatic heterocycles. The summed E-state index contributed by atoms with van der Waals surface area (Å²) in [6.45, 7) is 5.20. The number of nitrogens with zero attached hydrogens (tertiary/aromatic N) is 4. The van der Waals surface area contributed by atoms with Gasteiger partial charge in [-0.15, -0.1) is 0 Å². The molecule has 1 aliphatic rings. The Kier molecular flexibility index (Phi) is 7.94. The van der Waals surface area contributed by atoms with Gasteiger partial charge < -0.3 is 10.0 Å². The minimum atomic E-state index is -1.65. The molecule has 0 aliphatic carbocycles. The second-order valence-corrected chi connectivity index (χ2v) is 10.1. The highest BCUT2D eigenvalue weighted by molar-refractivity contribution is 5.84. The number of hydrogen-bond donors (Lipinski definition) is 1. The molecule has 9 heteroatoms. The van der Waals surface area contributed by atoms with E-state index < -0.39 is 35.1 Å². The van der Waals surface area contributed by atoms with Gasteiger partial charge in [0.2, 0.25) is 5.95 Å². The monoisotopic (exact) mass is 512 g/mol. The molecule has 1 atom stereocenters. The number of pyridine rings is 2. The quantitative estimate of drug-likeness (QED) is 0.469. The molecule has 0 radical (unpaired) electrons. The molecule has 3 aromatic rings. The molecule has 1 unspecified atom stereocenters. The molecule has 1 aliphatic heterocycles. The molecule has 4 rings (SSSR count). The number of likely N-dealkylation sites (N-methyl/N-ethyl adjacent to an activating group) is 1. The topological polar surface area (TPSA) is 69.6 Å². The summed E-state index contributed by atoms with van der Waals surface area (Å²) < 4.78 is 40.8. The summed E-state index contributed by atoms with van der Waals surface area (Å²) >= 11 is 0. The third-order valence-corrected chi connectivity index (χ3v) is 6.83. The second kappa shape index (κ2) is 11.0. The number of hydrogen-bond acceptors (Lipinski definition) is 5. The molecule has 3 heterocycles. The van der Waals surface area contributed by atoms with E-state index in [0.717, 1.165) is 49.2 Å². The first kappa shape index (κ1) is 26.8. The van der Waals surface area contributed by atoms with Crippen LogP contribution in [0.1, 0.15) is 61.0 Å². The van der Waals surface area contributed by atoms with Gasteiger partial charge in [0.15, 0.2) is 11.6 Å². The van der Waals surface area contributed by atoms with Crippen molar-refractivity contribution >= 4 is 5.91 Å². The number of carbonyl (C=O) groups is 1. The van der Waals surface area contributed by atoms with Gasteiger partial charge in [-0.1, -0.05) is 18.2 Å². The summed E-state index contributed by atoms with van der Waals surface area (Å²) in [6, 6.07) is 9.53. The SMILES string of the molecule is CN(C(=O)C(C)(C)O)C(c1ccc(F)c(F)c1)c1ccc(CN2CCC(c3ccc(F)nc3)CC2)cn1. The first-order valence-electron chi connectivity index (χ1n) is 12.3. The van der Waals surface area contributed by atoms with Crippen LogP contribution < -0.4 is 0 Å². The predicted molar refractivity (Wildman–Crippen MR) is 133 cm³/mol. The Morgan fingerprint density at radius 1 is 1.05 bits per heavy atom. The van der Waals surface area contributed by atoms with Crippen molar-refractivity contribution in [2.24, 2.45) is 0 Å². The summed E-state index contributed by atoms with van der Waals surface area (Å²) in [5.74, 6) is -2.71. The highest BCUT2D eigenvalue weighted by atomic mass is 19.2. The van der Waals surface area contributed by atoms with Crippen molar-refractivity contribution in [3.8, 4) is 0 Å². The lowest BCUT2D eigenvalue weighted by atomic mass is 9.90. The van der Waals surface area contributed by atoms with Crippen LogP contribution in [-0.2, 0) is 11.3 Å². The molecule has 1 amide bonds. The number of amides is 1. The second-order valence-electron chi connectivity index (χ2n) is 10.1. The van der Waals surface area contributed by atoms with Gasteiger partial charge in [0.25, 0.3) is 5.91 Å². The number of benzene rings is 1. The van der Waals surface area contributed by atoms with Crippen LogP contribution in [0.5, 0.6) is 0 Å². The molecular formula is C28H31F3N4O2. The van der Waals surface area contributed by atoms with Gasteiger partial charge >= 0.3 is 0 Å². The fourth-order valence-corrected chi connectivity index (χ4v) is 4.83. The number of aromatic nitrogens is 2. The lowest BCUT2D eigenvalue weighted by Crippen LogP contribution is -2.45. The molecule has 0 saturated carbocycles. The average molecular weight is 513 g/mol. The zero-order valence-corrected chi connectivity index (χ0v) is 21.2. The minimum Gasteiger partial charge on any atom is -0.381 e. The number of aliphatic hydroxyl groups is 1. The smallest absolute Gasteiger partial charge is 0.254 e. The summed E-state index contributed by atoms with van der Waals surface area (Å²) in [4.78, 5) is 24.8. The molecular weight excluding hydrogens is 481 g/mol. The van der Waals surface area contributed by atoms with Crippen LogP contribution in [0.2, 0.25) is 0 Å². The van der Waals surface area contributed by atoms with Gasteiger partial charge in [0.05, 0.1) is 11.7 Å². The van der Waals surface area contributed by atoms with Crippen LogP contribution in [0.3, 0.4) is 0 Å². The molecule has 37 heavy (non-hydrogen) atoms. The standard InChI is InChI=1S/C28H31F3N4O2/c1-28(2,37)27(36)34(3)26(20-5-7-22(29)23(30)14-20)24-8-4-18(15-32-24)17-35-12-10-19(11-13-35)21-6-9-25(31)33-16-21/h4-9,14-16,19,26,37H,10-13,17H2,1-3H3. The van der Waals surface area contributed by atoms with Crippen LogP contribution >= 0.6 is 0 Å². The maximum atomic E-state index is 14.1. The summed E-state index contributed by atoms with van der Waals surface area (Å²) in [7, 11) is 1.50. The van der Waals surface area contributed by atoms with Crippen molar-refractivity contribution in [1.29, 1.82) is 0 Å². The van der Waals surface area contributed by atoms with Crippen LogP contribution in [0.15, 0.2) is 54.9 Å². The Morgan fingerprint density at radius 2 is 1.78 bits per heavy atom. The van der Waals surface area contributed by atoms with Gasteiger partial charge in [0, 0.05) is 26.0 Å². The van der Waals surface area contributed by atoms with Crippen LogP contribution in [0.4, 0.5) is 13.2 Å². The number of rotatable bonds is 7.